The maximum atomic E-state index is 5.42. The number of pyridine rings is 1. The number of hydrogen-bond donors (Lipinski definition) is 1. The average molecular weight is 381 g/mol. The van der Waals surface area contributed by atoms with E-state index in [1.807, 2.05) is 12.3 Å². The monoisotopic (exact) mass is 381 g/mol. The summed E-state index contributed by atoms with van der Waals surface area (Å²) in [6.45, 7) is 2.77. The normalized spacial score (nSPS) is 11.1. The summed E-state index contributed by atoms with van der Waals surface area (Å²) in [6.07, 6.45) is 1.82. The van der Waals surface area contributed by atoms with Crippen LogP contribution in [0.3, 0.4) is 0 Å². The first-order valence-corrected chi connectivity index (χ1v) is 7.42. The van der Waals surface area contributed by atoms with Gasteiger partial charge in [0, 0.05) is 9.77 Å². The molecular formula is C14H12IN3S. The summed E-state index contributed by atoms with van der Waals surface area (Å²) >= 11 is 7.72. The largest absolute Gasteiger partial charge is 0.331 e. The molecule has 0 spiro atoms. The molecule has 1 N–H and O–H groups in total. The van der Waals surface area contributed by atoms with Crippen LogP contribution in [-0.2, 0) is 6.54 Å². The molecule has 0 saturated carbocycles. The van der Waals surface area contributed by atoms with E-state index in [4.69, 9.17) is 12.2 Å². The highest BCUT2D eigenvalue weighted by molar-refractivity contribution is 14.1. The number of aromatic amines is 1. The molecule has 5 heteroatoms. The van der Waals surface area contributed by atoms with Crippen molar-refractivity contribution in [1.29, 1.82) is 0 Å². The van der Waals surface area contributed by atoms with Crippen LogP contribution in [0.4, 0.5) is 0 Å². The number of H-pyrrole nitrogens is 1. The highest BCUT2D eigenvalue weighted by atomic mass is 127. The van der Waals surface area contributed by atoms with Crippen molar-refractivity contribution < 1.29 is 0 Å². The summed E-state index contributed by atoms with van der Waals surface area (Å²) < 4.78 is 4.03. The van der Waals surface area contributed by atoms with Gasteiger partial charge >= 0.3 is 0 Å². The molecule has 0 radical (unpaired) electrons. The van der Waals surface area contributed by atoms with Gasteiger partial charge in [-0.2, -0.15) is 0 Å². The molecule has 3 rings (SSSR count). The molecular weight excluding hydrogens is 369 g/mol. The van der Waals surface area contributed by atoms with Crippen LogP contribution in [0.5, 0.6) is 0 Å². The van der Waals surface area contributed by atoms with E-state index >= 15 is 0 Å². The smallest absolute Gasteiger partial charge is 0.178 e. The molecule has 0 amide bonds. The van der Waals surface area contributed by atoms with Crippen molar-refractivity contribution >= 4 is 45.8 Å². The summed E-state index contributed by atoms with van der Waals surface area (Å²) in [5, 5.41) is 0. The van der Waals surface area contributed by atoms with Gasteiger partial charge < -0.3 is 9.55 Å². The summed E-state index contributed by atoms with van der Waals surface area (Å²) in [7, 11) is 0. The lowest BCUT2D eigenvalue weighted by Gasteiger charge is -2.06. The van der Waals surface area contributed by atoms with Crippen molar-refractivity contribution in [3.63, 3.8) is 0 Å². The summed E-state index contributed by atoms with van der Waals surface area (Å²) in [5.41, 5.74) is 4.43. The Morgan fingerprint density at radius 3 is 3.00 bits per heavy atom. The maximum absolute atomic E-state index is 5.42. The third kappa shape index (κ3) is 2.44. The summed E-state index contributed by atoms with van der Waals surface area (Å²) in [6, 6.07) is 10.3. The Morgan fingerprint density at radius 2 is 2.21 bits per heavy atom. The number of halogens is 1. The second-order valence-corrected chi connectivity index (χ2v) is 6.08. The van der Waals surface area contributed by atoms with Crippen molar-refractivity contribution in [2.75, 3.05) is 0 Å². The zero-order valence-electron chi connectivity index (χ0n) is 10.4. The first kappa shape index (κ1) is 12.8. The molecule has 0 bridgehead atoms. The number of rotatable bonds is 2. The first-order valence-electron chi connectivity index (χ1n) is 5.94. The van der Waals surface area contributed by atoms with Crippen LogP contribution in [0.25, 0.3) is 11.0 Å². The van der Waals surface area contributed by atoms with Gasteiger partial charge in [-0.05, 0) is 71.6 Å². The Balaban J connectivity index is 2.13. The first-order chi connectivity index (χ1) is 9.15. The Morgan fingerprint density at radius 1 is 1.37 bits per heavy atom. The topological polar surface area (TPSA) is 33.6 Å². The van der Waals surface area contributed by atoms with Crippen molar-refractivity contribution in [1.82, 2.24) is 14.5 Å². The van der Waals surface area contributed by atoms with E-state index in [0.717, 1.165) is 21.5 Å². The Labute approximate surface area is 129 Å². The number of imidazole rings is 1. The fourth-order valence-corrected chi connectivity index (χ4v) is 2.89. The predicted octanol–water partition coefficient (Wildman–Crippen LogP) is 4.06. The van der Waals surface area contributed by atoms with E-state index in [9.17, 15) is 0 Å². The van der Waals surface area contributed by atoms with E-state index < -0.39 is 0 Å². The number of fused-ring (bicyclic) bond motifs is 1. The minimum absolute atomic E-state index is 0.700. The van der Waals surface area contributed by atoms with Crippen LogP contribution < -0.4 is 0 Å². The van der Waals surface area contributed by atoms with Crippen molar-refractivity contribution in [2.45, 2.75) is 13.5 Å². The van der Waals surface area contributed by atoms with Crippen molar-refractivity contribution in [3.8, 4) is 0 Å². The van der Waals surface area contributed by atoms with Crippen LogP contribution in [0.15, 0.2) is 36.5 Å². The lowest BCUT2D eigenvalue weighted by molar-refractivity contribution is 0.778. The molecule has 0 saturated heterocycles. The van der Waals surface area contributed by atoms with Gasteiger partial charge in [-0.3, -0.25) is 4.98 Å². The Hall–Kier alpha value is -1.21. The Bertz CT molecular complexity index is 804. The maximum Gasteiger partial charge on any atom is 0.178 e. The SMILES string of the molecule is Cc1cccnc1Cn1c(=S)[nH]c2cc(I)ccc21. The van der Waals surface area contributed by atoms with Gasteiger partial charge in [-0.15, -0.1) is 0 Å². The molecule has 0 aliphatic rings. The van der Waals surface area contributed by atoms with E-state index in [2.05, 4.69) is 68.3 Å². The highest BCUT2D eigenvalue weighted by Gasteiger charge is 2.07. The molecule has 3 nitrogen and oxygen atoms in total. The molecule has 19 heavy (non-hydrogen) atoms. The fourth-order valence-electron chi connectivity index (χ4n) is 2.13. The van der Waals surface area contributed by atoms with Gasteiger partial charge in [0.2, 0.25) is 0 Å². The fraction of sp³-hybridized carbons (Fsp3) is 0.143. The quantitative estimate of drug-likeness (QED) is 0.537. The average Bonchev–Trinajstić information content (AvgIpc) is 2.68. The van der Waals surface area contributed by atoms with Crippen LogP contribution in [0.2, 0.25) is 0 Å². The molecule has 0 unspecified atom stereocenters. The molecule has 96 valence electrons. The lowest BCUT2D eigenvalue weighted by atomic mass is 10.2. The minimum atomic E-state index is 0.700. The zero-order valence-corrected chi connectivity index (χ0v) is 13.3. The third-order valence-corrected chi connectivity index (χ3v) is 4.16. The third-order valence-electron chi connectivity index (χ3n) is 3.16. The van der Waals surface area contributed by atoms with E-state index in [-0.39, 0.29) is 0 Å². The van der Waals surface area contributed by atoms with Gasteiger partial charge in [-0.1, -0.05) is 6.07 Å². The van der Waals surface area contributed by atoms with Crippen LogP contribution in [0, 0.1) is 15.3 Å². The predicted molar refractivity (Wildman–Crippen MR) is 87.9 cm³/mol. The van der Waals surface area contributed by atoms with Gasteiger partial charge in [0.15, 0.2) is 4.77 Å². The number of hydrogen-bond acceptors (Lipinski definition) is 2. The second-order valence-electron chi connectivity index (χ2n) is 4.44. The number of nitrogens with one attached hydrogen (secondary N) is 1. The van der Waals surface area contributed by atoms with E-state index in [1.54, 1.807) is 0 Å². The Kier molecular flexibility index (Phi) is 3.40. The molecule has 0 atom stereocenters. The number of aryl methyl sites for hydroxylation is 1. The lowest BCUT2D eigenvalue weighted by Crippen LogP contribution is -2.03. The van der Waals surface area contributed by atoms with Gasteiger partial charge in [0.1, 0.15) is 0 Å². The second kappa shape index (κ2) is 5.05. The van der Waals surface area contributed by atoms with Crippen LogP contribution in [0.1, 0.15) is 11.3 Å². The van der Waals surface area contributed by atoms with E-state index in [0.29, 0.717) is 6.54 Å². The number of aromatic nitrogens is 3. The van der Waals surface area contributed by atoms with Crippen LogP contribution in [-0.4, -0.2) is 14.5 Å². The standard InChI is InChI=1S/C14H12IN3S/c1-9-3-2-6-16-12(9)8-18-13-5-4-10(15)7-11(13)17-14(18)19/h2-7H,8H2,1H3,(H,17,19). The molecule has 0 aliphatic carbocycles. The van der Waals surface area contributed by atoms with E-state index in [1.165, 1.54) is 9.13 Å². The molecule has 0 aliphatic heterocycles. The summed E-state index contributed by atoms with van der Waals surface area (Å²) in [5.74, 6) is 0. The number of benzene rings is 1. The van der Waals surface area contributed by atoms with Gasteiger partial charge in [0.05, 0.1) is 23.3 Å². The number of nitrogens with zero attached hydrogens (tertiary/aromatic N) is 2. The minimum Gasteiger partial charge on any atom is -0.331 e. The zero-order chi connectivity index (χ0) is 13.4. The van der Waals surface area contributed by atoms with Gasteiger partial charge in [-0.25, -0.2) is 0 Å². The highest BCUT2D eigenvalue weighted by Crippen LogP contribution is 2.19. The summed E-state index contributed by atoms with van der Waals surface area (Å²) in [4.78, 5) is 7.69. The molecule has 0 fully saturated rings. The molecule has 1 aromatic carbocycles. The van der Waals surface area contributed by atoms with Crippen LogP contribution >= 0.6 is 34.8 Å². The molecule has 2 aromatic heterocycles. The van der Waals surface area contributed by atoms with Crippen molar-refractivity contribution in [2.24, 2.45) is 0 Å². The van der Waals surface area contributed by atoms with Crippen molar-refractivity contribution in [3.05, 3.63) is 56.1 Å². The molecule has 2 heterocycles. The molecule has 3 aromatic rings. The van der Waals surface area contributed by atoms with Gasteiger partial charge in [0.25, 0.3) is 0 Å².